The van der Waals surface area contributed by atoms with Crippen molar-refractivity contribution in [3.05, 3.63) is 24.3 Å². The molecule has 1 saturated heterocycles. The van der Waals surface area contributed by atoms with E-state index in [2.05, 4.69) is 5.32 Å². The highest BCUT2D eigenvalue weighted by molar-refractivity contribution is 5.81. The number of hydrogen-bond acceptors (Lipinski definition) is 5. The van der Waals surface area contributed by atoms with E-state index in [1.807, 2.05) is 24.3 Å². The molecule has 0 bridgehead atoms. The molecule has 116 valence electrons. The molecule has 0 radical (unpaired) electrons. The fourth-order valence-corrected chi connectivity index (χ4v) is 2.13. The highest BCUT2D eigenvalue weighted by atomic mass is 16.5. The van der Waals surface area contributed by atoms with E-state index in [0.29, 0.717) is 44.4 Å². The summed E-state index contributed by atoms with van der Waals surface area (Å²) in [5.74, 6) is 1.40. The highest BCUT2D eigenvalue weighted by Crippen LogP contribution is 2.25. The van der Waals surface area contributed by atoms with Gasteiger partial charge in [0.05, 0.1) is 26.9 Å². The van der Waals surface area contributed by atoms with E-state index in [1.54, 1.807) is 19.1 Å². The van der Waals surface area contributed by atoms with Crippen LogP contribution in [-0.2, 0) is 9.53 Å². The summed E-state index contributed by atoms with van der Waals surface area (Å²) in [6.45, 7) is 2.72. The molecule has 1 aromatic carbocycles. The Kier molecular flexibility index (Phi) is 5.83. The van der Waals surface area contributed by atoms with Crippen molar-refractivity contribution in [1.29, 1.82) is 0 Å². The summed E-state index contributed by atoms with van der Waals surface area (Å²) in [5, 5.41) is 3.15. The molecule has 21 heavy (non-hydrogen) atoms. The second-order valence-corrected chi connectivity index (χ2v) is 4.84. The third kappa shape index (κ3) is 4.34. The number of morpholine rings is 1. The maximum Gasteiger partial charge on any atom is 0.241 e. The van der Waals surface area contributed by atoms with E-state index in [1.165, 1.54) is 0 Å². The van der Waals surface area contributed by atoms with Gasteiger partial charge in [-0.2, -0.15) is 0 Å². The number of nitrogens with one attached hydrogen (secondary N) is 1. The molecular weight excluding hydrogens is 272 g/mol. The summed E-state index contributed by atoms with van der Waals surface area (Å²) < 4.78 is 16.2. The molecule has 0 unspecified atom stereocenters. The zero-order valence-corrected chi connectivity index (χ0v) is 12.5. The van der Waals surface area contributed by atoms with Crippen LogP contribution in [0.1, 0.15) is 0 Å². The van der Waals surface area contributed by atoms with Crippen LogP contribution >= 0.6 is 0 Å². The lowest BCUT2D eigenvalue weighted by Gasteiger charge is -2.27. The van der Waals surface area contributed by atoms with Crippen molar-refractivity contribution >= 4 is 5.91 Å². The maximum atomic E-state index is 12.2. The van der Waals surface area contributed by atoms with Crippen molar-refractivity contribution in [2.75, 3.05) is 47.1 Å². The molecule has 1 aromatic rings. The van der Waals surface area contributed by atoms with Crippen molar-refractivity contribution in [1.82, 2.24) is 10.2 Å². The third-order valence-corrected chi connectivity index (χ3v) is 3.35. The van der Waals surface area contributed by atoms with Crippen LogP contribution in [0.2, 0.25) is 0 Å². The van der Waals surface area contributed by atoms with Gasteiger partial charge in [0.2, 0.25) is 5.91 Å². The van der Waals surface area contributed by atoms with Crippen LogP contribution in [0.4, 0.5) is 0 Å². The number of methoxy groups -OCH3 is 1. The molecule has 1 aliphatic rings. The van der Waals surface area contributed by atoms with Crippen LogP contribution in [0.5, 0.6) is 11.5 Å². The predicted octanol–water partition coefficient (Wildman–Crippen LogP) is 0.521. The highest BCUT2D eigenvalue weighted by Gasteiger charge is 2.24. The zero-order valence-electron chi connectivity index (χ0n) is 12.5. The number of carbonyl (C=O) groups excluding carboxylic acids is 1. The number of likely N-dealkylation sites (N-methyl/N-ethyl adjacent to an activating group) is 1. The second-order valence-electron chi connectivity index (χ2n) is 4.84. The molecule has 0 aliphatic carbocycles. The minimum Gasteiger partial charge on any atom is -0.493 e. The minimum absolute atomic E-state index is 0.0262. The standard InChI is InChI=1S/C15H22N2O4/c1-17(15(18)12-11-20-9-7-16-12)8-10-21-14-6-4-3-5-13(14)19-2/h3-6,12,16H,7-11H2,1-2H3/t12-/m1/s1. The van der Waals surface area contributed by atoms with Gasteiger partial charge in [-0.05, 0) is 12.1 Å². The van der Waals surface area contributed by atoms with Crippen LogP contribution in [0.3, 0.4) is 0 Å². The quantitative estimate of drug-likeness (QED) is 0.829. The van der Waals surface area contributed by atoms with Gasteiger partial charge in [0, 0.05) is 13.6 Å². The predicted molar refractivity (Wildman–Crippen MR) is 78.7 cm³/mol. The Balaban J connectivity index is 1.78. The molecule has 1 fully saturated rings. The third-order valence-electron chi connectivity index (χ3n) is 3.35. The van der Waals surface area contributed by atoms with Crippen LogP contribution in [0.15, 0.2) is 24.3 Å². The molecule has 0 spiro atoms. The summed E-state index contributed by atoms with van der Waals surface area (Å²) in [6, 6.07) is 7.20. The van der Waals surface area contributed by atoms with Gasteiger partial charge < -0.3 is 24.4 Å². The summed E-state index contributed by atoms with van der Waals surface area (Å²) in [4.78, 5) is 13.8. The first-order chi connectivity index (χ1) is 10.2. The smallest absolute Gasteiger partial charge is 0.241 e. The molecule has 0 aromatic heterocycles. The van der Waals surface area contributed by atoms with E-state index >= 15 is 0 Å². The Morgan fingerprint density at radius 3 is 2.86 bits per heavy atom. The van der Waals surface area contributed by atoms with E-state index in [9.17, 15) is 4.79 Å². The fraction of sp³-hybridized carbons (Fsp3) is 0.533. The Bertz CT molecular complexity index is 461. The summed E-state index contributed by atoms with van der Waals surface area (Å²) >= 11 is 0. The second kappa shape index (κ2) is 7.85. The summed E-state index contributed by atoms with van der Waals surface area (Å²) in [7, 11) is 3.37. The lowest BCUT2D eigenvalue weighted by atomic mass is 10.2. The van der Waals surface area contributed by atoms with Gasteiger partial charge in [-0.3, -0.25) is 4.79 Å². The summed E-state index contributed by atoms with van der Waals surface area (Å²) in [6.07, 6.45) is 0. The molecule has 2 rings (SSSR count). The van der Waals surface area contributed by atoms with Crippen molar-refractivity contribution in [3.63, 3.8) is 0 Å². The molecular formula is C15H22N2O4. The lowest BCUT2D eigenvalue weighted by molar-refractivity contribution is -0.135. The normalized spacial score (nSPS) is 18.1. The number of nitrogens with zero attached hydrogens (tertiary/aromatic N) is 1. The number of ether oxygens (including phenoxy) is 3. The molecule has 1 atom stereocenters. The van der Waals surface area contributed by atoms with E-state index in [4.69, 9.17) is 14.2 Å². The molecule has 1 aliphatic heterocycles. The molecule has 6 nitrogen and oxygen atoms in total. The van der Waals surface area contributed by atoms with Crippen molar-refractivity contribution < 1.29 is 19.0 Å². The largest absolute Gasteiger partial charge is 0.493 e. The van der Waals surface area contributed by atoms with E-state index in [0.717, 1.165) is 0 Å². The summed E-state index contributed by atoms with van der Waals surface area (Å²) in [5.41, 5.74) is 0. The van der Waals surface area contributed by atoms with Crippen molar-refractivity contribution in [2.24, 2.45) is 0 Å². The minimum atomic E-state index is -0.255. The van der Waals surface area contributed by atoms with Gasteiger partial charge in [-0.1, -0.05) is 12.1 Å². The van der Waals surface area contributed by atoms with Gasteiger partial charge in [0.15, 0.2) is 11.5 Å². The fourth-order valence-electron chi connectivity index (χ4n) is 2.13. The first kappa shape index (κ1) is 15.6. The van der Waals surface area contributed by atoms with Crippen LogP contribution < -0.4 is 14.8 Å². The molecule has 6 heteroatoms. The first-order valence-electron chi connectivity index (χ1n) is 7.04. The number of carbonyl (C=O) groups is 1. The molecule has 1 amide bonds. The Labute approximate surface area is 125 Å². The lowest BCUT2D eigenvalue weighted by Crippen LogP contribution is -2.52. The van der Waals surface area contributed by atoms with Gasteiger partial charge in [0.1, 0.15) is 12.6 Å². The Morgan fingerprint density at radius 1 is 1.43 bits per heavy atom. The van der Waals surface area contributed by atoms with Crippen LogP contribution in [0, 0.1) is 0 Å². The van der Waals surface area contributed by atoms with Gasteiger partial charge in [-0.15, -0.1) is 0 Å². The van der Waals surface area contributed by atoms with Crippen molar-refractivity contribution in [2.45, 2.75) is 6.04 Å². The zero-order chi connectivity index (χ0) is 15.1. The Hall–Kier alpha value is -1.79. The van der Waals surface area contributed by atoms with Crippen LogP contribution in [-0.4, -0.2) is 63.9 Å². The van der Waals surface area contributed by atoms with Gasteiger partial charge in [0.25, 0.3) is 0 Å². The Morgan fingerprint density at radius 2 is 2.19 bits per heavy atom. The molecule has 1 heterocycles. The van der Waals surface area contributed by atoms with Crippen molar-refractivity contribution in [3.8, 4) is 11.5 Å². The molecule has 1 N–H and O–H groups in total. The van der Waals surface area contributed by atoms with Gasteiger partial charge in [-0.25, -0.2) is 0 Å². The number of benzene rings is 1. The SMILES string of the molecule is COc1ccccc1OCCN(C)C(=O)[C@H]1COCCN1. The number of amides is 1. The number of hydrogen-bond donors (Lipinski definition) is 1. The number of para-hydroxylation sites is 2. The van der Waals surface area contributed by atoms with E-state index in [-0.39, 0.29) is 11.9 Å². The van der Waals surface area contributed by atoms with Crippen LogP contribution in [0.25, 0.3) is 0 Å². The topological polar surface area (TPSA) is 60.0 Å². The van der Waals surface area contributed by atoms with E-state index < -0.39 is 0 Å². The number of rotatable bonds is 6. The van der Waals surface area contributed by atoms with Gasteiger partial charge >= 0.3 is 0 Å². The molecule has 0 saturated carbocycles. The maximum absolute atomic E-state index is 12.2. The first-order valence-corrected chi connectivity index (χ1v) is 7.04. The average Bonchev–Trinajstić information content (AvgIpc) is 2.55. The average molecular weight is 294 g/mol. The monoisotopic (exact) mass is 294 g/mol.